The van der Waals surface area contributed by atoms with E-state index in [1.165, 1.54) is 0 Å². The van der Waals surface area contributed by atoms with Crippen LogP contribution in [0.15, 0.2) is 0 Å². The van der Waals surface area contributed by atoms with Gasteiger partial charge in [-0.1, -0.05) is 0 Å². The van der Waals surface area contributed by atoms with Crippen molar-refractivity contribution >= 4 is 11.6 Å². The number of rotatable bonds is 5. The Morgan fingerprint density at radius 2 is 1.25 bits per heavy atom. The molecule has 6 atom stereocenters. The smallest absolute Gasteiger partial charge is 0.165 e. The Hall–Kier alpha value is -0.970. The van der Waals surface area contributed by atoms with Crippen molar-refractivity contribution in [3.05, 3.63) is 0 Å². The number of hydrogen-bond acceptors (Lipinski definition) is 8. The van der Waals surface area contributed by atoms with Crippen molar-refractivity contribution in [2.24, 2.45) is 0 Å². The minimum Gasteiger partial charge on any atom is -0.347 e. The first kappa shape index (κ1) is 25.6. The van der Waals surface area contributed by atoms with Gasteiger partial charge in [-0.15, -0.1) is 11.6 Å². The molecule has 0 aliphatic carbocycles. The largest absolute Gasteiger partial charge is 0.347 e. The first-order valence-electron chi connectivity index (χ1n) is 11.2. The average molecular weight is 471 g/mol. The van der Waals surface area contributed by atoms with Gasteiger partial charge in [0.05, 0.1) is 36.6 Å². The van der Waals surface area contributed by atoms with Crippen molar-refractivity contribution in [1.82, 2.24) is 0 Å². The Morgan fingerprint density at radius 1 is 0.750 bits per heavy atom. The summed E-state index contributed by atoms with van der Waals surface area (Å²) in [5.74, 6) is -2.45. The summed E-state index contributed by atoms with van der Waals surface area (Å²) in [4.78, 5) is 0. The molecular formula is C23H35ClN2O6. The summed E-state index contributed by atoms with van der Waals surface area (Å²) in [5, 5.41) is 20.3. The molecule has 0 amide bonds. The van der Waals surface area contributed by atoms with Crippen molar-refractivity contribution in [1.29, 1.82) is 10.5 Å². The van der Waals surface area contributed by atoms with Gasteiger partial charge in [0.2, 0.25) is 0 Å². The van der Waals surface area contributed by atoms with Crippen LogP contribution in [-0.2, 0) is 28.4 Å². The van der Waals surface area contributed by atoms with Gasteiger partial charge >= 0.3 is 0 Å². The maximum absolute atomic E-state index is 10.2. The Kier molecular flexibility index (Phi) is 6.95. The molecule has 0 aromatic heterocycles. The van der Waals surface area contributed by atoms with Gasteiger partial charge in [-0.3, -0.25) is 0 Å². The number of alkyl halides is 1. The van der Waals surface area contributed by atoms with Crippen molar-refractivity contribution < 1.29 is 28.4 Å². The highest BCUT2D eigenvalue weighted by atomic mass is 35.5. The maximum Gasteiger partial charge on any atom is 0.165 e. The molecule has 3 heterocycles. The van der Waals surface area contributed by atoms with Crippen molar-refractivity contribution in [3.63, 3.8) is 0 Å². The van der Waals surface area contributed by atoms with Crippen LogP contribution in [0.5, 0.6) is 0 Å². The zero-order chi connectivity index (χ0) is 24.0. The highest BCUT2D eigenvalue weighted by Crippen LogP contribution is 2.45. The van der Waals surface area contributed by atoms with E-state index >= 15 is 0 Å². The minimum absolute atomic E-state index is 0.183. The first-order chi connectivity index (χ1) is 14.7. The van der Waals surface area contributed by atoms with Gasteiger partial charge < -0.3 is 28.4 Å². The average Bonchev–Trinajstić information content (AvgIpc) is 2.89. The molecule has 32 heavy (non-hydrogen) atoms. The van der Waals surface area contributed by atoms with E-state index in [9.17, 15) is 10.5 Å². The Morgan fingerprint density at radius 3 is 1.72 bits per heavy atom. The van der Waals surface area contributed by atoms with Gasteiger partial charge in [-0.2, -0.15) is 10.5 Å². The third-order valence-electron chi connectivity index (χ3n) is 5.99. The second-order valence-corrected chi connectivity index (χ2v) is 10.9. The SMILES string of the molecule is C[C@@H]1OC(C)(C)O[C@H]1C[C@]1(C#N)C[C@@H](C[C@]2(C#N)C[C@@H](CCl)OC(C)(C)O2)OC(C)(C)O1. The van der Waals surface area contributed by atoms with Crippen LogP contribution < -0.4 is 0 Å². The number of nitriles is 2. The molecule has 3 aliphatic rings. The molecular weight excluding hydrogens is 436 g/mol. The van der Waals surface area contributed by atoms with Gasteiger partial charge in [-0.25, -0.2) is 0 Å². The molecule has 0 radical (unpaired) electrons. The van der Waals surface area contributed by atoms with E-state index in [0.29, 0.717) is 12.8 Å². The molecule has 8 nitrogen and oxygen atoms in total. The summed E-state index contributed by atoms with van der Waals surface area (Å²) in [6.07, 6.45) is -0.0589. The molecule has 3 aliphatic heterocycles. The van der Waals surface area contributed by atoms with E-state index in [-0.39, 0.29) is 37.0 Å². The van der Waals surface area contributed by atoms with Gasteiger partial charge in [0.15, 0.2) is 28.6 Å². The van der Waals surface area contributed by atoms with Gasteiger partial charge in [0.1, 0.15) is 0 Å². The molecule has 0 aromatic carbocycles. The van der Waals surface area contributed by atoms with E-state index < -0.39 is 34.7 Å². The monoisotopic (exact) mass is 470 g/mol. The van der Waals surface area contributed by atoms with E-state index in [0.717, 1.165) is 0 Å². The molecule has 3 saturated heterocycles. The van der Waals surface area contributed by atoms with Crippen LogP contribution in [-0.4, -0.2) is 58.9 Å². The lowest BCUT2D eigenvalue weighted by Gasteiger charge is -2.49. The highest BCUT2D eigenvalue weighted by Gasteiger charge is 2.54. The van der Waals surface area contributed by atoms with Crippen LogP contribution in [0.3, 0.4) is 0 Å². The predicted molar refractivity (Wildman–Crippen MR) is 115 cm³/mol. The van der Waals surface area contributed by atoms with E-state index in [1.807, 2.05) is 20.8 Å². The Bertz CT molecular complexity index is 790. The Balaban J connectivity index is 1.83. The fourth-order valence-corrected chi connectivity index (χ4v) is 5.46. The van der Waals surface area contributed by atoms with Crippen LogP contribution in [0, 0.1) is 22.7 Å². The molecule has 0 saturated carbocycles. The Labute approximate surface area is 196 Å². The number of nitrogens with zero attached hydrogens (tertiary/aromatic N) is 2. The molecule has 180 valence electrons. The van der Waals surface area contributed by atoms with Crippen LogP contribution in [0.1, 0.15) is 74.1 Å². The molecule has 0 bridgehead atoms. The topological polar surface area (TPSA) is 103 Å². The normalized spacial score (nSPS) is 42.7. The molecule has 9 heteroatoms. The van der Waals surface area contributed by atoms with Gasteiger partial charge in [0, 0.05) is 31.6 Å². The standard InChI is InChI=1S/C23H35ClN2O6/c1-15-18(30-19(2,3)27-15)11-23(14-26)9-16(28-20(4,5)32-23)8-22(13-25)10-17(12-24)29-21(6,7)31-22/h15-18H,8-12H2,1-7H3/t15-,16+,17-,18-,22+,23-/m0/s1. The fraction of sp³-hybridized carbons (Fsp3) is 0.913. The molecule has 0 aromatic rings. The fourth-order valence-electron chi connectivity index (χ4n) is 5.28. The lowest BCUT2D eigenvalue weighted by atomic mass is 9.82. The summed E-state index contributed by atoms with van der Waals surface area (Å²) in [6, 6.07) is 4.71. The van der Waals surface area contributed by atoms with Gasteiger partial charge in [0.25, 0.3) is 0 Å². The summed E-state index contributed by atoms with van der Waals surface area (Å²) >= 11 is 6.07. The van der Waals surface area contributed by atoms with Crippen LogP contribution >= 0.6 is 11.6 Å². The third kappa shape index (κ3) is 5.74. The zero-order valence-corrected chi connectivity index (χ0v) is 20.8. The predicted octanol–water partition coefficient (Wildman–Crippen LogP) is 4.15. The second-order valence-electron chi connectivity index (χ2n) is 10.5. The summed E-state index contributed by atoms with van der Waals surface area (Å²) in [5.41, 5.74) is -2.30. The lowest BCUT2D eigenvalue weighted by Crippen LogP contribution is -2.58. The van der Waals surface area contributed by atoms with Crippen molar-refractivity contribution in [2.45, 2.75) is 127 Å². The van der Waals surface area contributed by atoms with Crippen molar-refractivity contribution in [2.75, 3.05) is 5.88 Å². The molecule has 0 N–H and O–H groups in total. The zero-order valence-electron chi connectivity index (χ0n) is 20.1. The minimum atomic E-state index is -1.15. The van der Waals surface area contributed by atoms with Crippen LogP contribution in [0.2, 0.25) is 0 Å². The first-order valence-corrected chi connectivity index (χ1v) is 11.7. The van der Waals surface area contributed by atoms with E-state index in [1.54, 1.807) is 27.7 Å². The second kappa shape index (κ2) is 8.67. The van der Waals surface area contributed by atoms with Crippen molar-refractivity contribution in [3.8, 4) is 12.1 Å². The number of hydrogen-bond donors (Lipinski definition) is 0. The summed E-state index contributed by atoms with van der Waals surface area (Å²) < 4.78 is 36.2. The maximum atomic E-state index is 10.2. The van der Waals surface area contributed by atoms with Crippen LogP contribution in [0.4, 0.5) is 0 Å². The molecule has 3 rings (SSSR count). The quantitative estimate of drug-likeness (QED) is 0.552. The van der Waals surface area contributed by atoms with E-state index in [4.69, 9.17) is 40.0 Å². The summed E-state index contributed by atoms with van der Waals surface area (Å²) in [6.45, 7) is 12.7. The lowest BCUT2D eigenvalue weighted by molar-refractivity contribution is -0.347. The number of halogens is 1. The molecule has 0 spiro atoms. The number of ether oxygens (including phenoxy) is 6. The van der Waals surface area contributed by atoms with Gasteiger partial charge in [-0.05, 0) is 48.5 Å². The van der Waals surface area contributed by atoms with Crippen LogP contribution in [0.25, 0.3) is 0 Å². The highest BCUT2D eigenvalue weighted by molar-refractivity contribution is 6.18. The molecule has 3 fully saturated rings. The van der Waals surface area contributed by atoms with E-state index in [2.05, 4.69) is 12.1 Å². The molecule has 0 unspecified atom stereocenters. The summed E-state index contributed by atoms with van der Waals surface area (Å²) in [7, 11) is 0. The third-order valence-corrected chi connectivity index (χ3v) is 6.34.